The summed E-state index contributed by atoms with van der Waals surface area (Å²) in [6, 6.07) is 5.89. The third-order valence-electron chi connectivity index (χ3n) is 4.72. The molecule has 3 rings (SSSR count). The first kappa shape index (κ1) is 16.1. The summed E-state index contributed by atoms with van der Waals surface area (Å²) < 4.78 is 11.5. The number of benzene rings is 1. The number of amides is 1. The lowest BCUT2D eigenvalue weighted by Gasteiger charge is -2.17. The number of nitrogens with one attached hydrogen (secondary N) is 2. The minimum Gasteiger partial charge on any atom is -0.493 e. The lowest BCUT2D eigenvalue weighted by atomic mass is 10.1. The van der Waals surface area contributed by atoms with Gasteiger partial charge in [0.1, 0.15) is 0 Å². The molecule has 0 radical (unpaired) electrons. The summed E-state index contributed by atoms with van der Waals surface area (Å²) >= 11 is 0. The van der Waals surface area contributed by atoms with Crippen molar-refractivity contribution in [2.24, 2.45) is 5.92 Å². The maximum atomic E-state index is 12.1. The third-order valence-corrected chi connectivity index (χ3v) is 4.72. The van der Waals surface area contributed by atoms with Gasteiger partial charge < -0.3 is 20.1 Å². The van der Waals surface area contributed by atoms with Gasteiger partial charge in [0.05, 0.1) is 19.1 Å². The molecule has 1 aromatic carbocycles. The predicted octanol–water partition coefficient (Wildman–Crippen LogP) is 2.24. The van der Waals surface area contributed by atoms with E-state index in [1.54, 1.807) is 7.11 Å². The average molecular weight is 318 g/mol. The van der Waals surface area contributed by atoms with E-state index in [2.05, 4.69) is 10.6 Å². The van der Waals surface area contributed by atoms with Crippen LogP contribution in [0.5, 0.6) is 11.5 Å². The zero-order valence-electron chi connectivity index (χ0n) is 13.8. The van der Waals surface area contributed by atoms with Gasteiger partial charge in [0.15, 0.2) is 11.5 Å². The van der Waals surface area contributed by atoms with Gasteiger partial charge in [0.25, 0.3) is 0 Å². The standard InChI is InChI=1S/C18H26N2O3/c1-22-16-7-6-13(10-17(16)23-15-4-2-3-5-15)11-20-18(21)14-8-9-19-12-14/h6-7,10,14-15,19H,2-5,8-9,11-12H2,1H3,(H,20,21). The number of hydrogen-bond donors (Lipinski definition) is 2. The molecule has 5 nitrogen and oxygen atoms in total. The van der Waals surface area contributed by atoms with E-state index >= 15 is 0 Å². The van der Waals surface area contributed by atoms with Crippen molar-refractivity contribution >= 4 is 5.91 Å². The highest BCUT2D eigenvalue weighted by molar-refractivity contribution is 5.79. The van der Waals surface area contributed by atoms with Gasteiger partial charge in [-0.1, -0.05) is 6.07 Å². The summed E-state index contributed by atoms with van der Waals surface area (Å²) in [4.78, 5) is 12.1. The van der Waals surface area contributed by atoms with Crippen molar-refractivity contribution in [3.05, 3.63) is 23.8 Å². The second kappa shape index (κ2) is 7.68. The lowest BCUT2D eigenvalue weighted by molar-refractivity contribution is -0.124. The van der Waals surface area contributed by atoms with E-state index in [0.29, 0.717) is 12.6 Å². The zero-order valence-corrected chi connectivity index (χ0v) is 13.8. The maximum Gasteiger partial charge on any atom is 0.224 e. The van der Waals surface area contributed by atoms with Crippen LogP contribution in [0.4, 0.5) is 0 Å². The summed E-state index contributed by atoms with van der Waals surface area (Å²) in [7, 11) is 1.66. The largest absolute Gasteiger partial charge is 0.493 e. The quantitative estimate of drug-likeness (QED) is 0.844. The molecule has 1 aliphatic carbocycles. The SMILES string of the molecule is COc1ccc(CNC(=O)C2CCNC2)cc1OC1CCCC1. The number of ether oxygens (including phenoxy) is 2. The molecule has 126 valence electrons. The fraction of sp³-hybridized carbons (Fsp3) is 0.611. The summed E-state index contributed by atoms with van der Waals surface area (Å²) in [5.74, 6) is 1.77. The molecular weight excluding hydrogens is 292 g/mol. The normalized spacial score (nSPS) is 21.3. The Bertz CT molecular complexity index is 535. The second-order valence-corrected chi connectivity index (χ2v) is 6.42. The smallest absolute Gasteiger partial charge is 0.224 e. The van der Waals surface area contributed by atoms with Crippen LogP contribution in [0.15, 0.2) is 18.2 Å². The van der Waals surface area contributed by atoms with E-state index < -0.39 is 0 Å². The van der Waals surface area contributed by atoms with Gasteiger partial charge in [-0.2, -0.15) is 0 Å². The van der Waals surface area contributed by atoms with Crippen molar-refractivity contribution in [1.29, 1.82) is 0 Å². The first-order valence-corrected chi connectivity index (χ1v) is 8.58. The van der Waals surface area contributed by atoms with E-state index in [1.165, 1.54) is 12.8 Å². The Labute approximate surface area is 137 Å². The highest BCUT2D eigenvalue weighted by Gasteiger charge is 2.22. The van der Waals surface area contributed by atoms with E-state index in [1.807, 2.05) is 18.2 Å². The highest BCUT2D eigenvalue weighted by Crippen LogP contribution is 2.32. The van der Waals surface area contributed by atoms with Crippen LogP contribution >= 0.6 is 0 Å². The summed E-state index contributed by atoms with van der Waals surface area (Å²) in [6.45, 7) is 2.24. The molecule has 0 spiro atoms. The second-order valence-electron chi connectivity index (χ2n) is 6.42. The van der Waals surface area contributed by atoms with Crippen LogP contribution in [-0.4, -0.2) is 32.2 Å². The maximum absolute atomic E-state index is 12.1. The van der Waals surface area contributed by atoms with Crippen molar-refractivity contribution < 1.29 is 14.3 Å². The van der Waals surface area contributed by atoms with Crippen LogP contribution in [0.2, 0.25) is 0 Å². The number of carbonyl (C=O) groups excluding carboxylic acids is 1. The van der Waals surface area contributed by atoms with Gasteiger partial charge >= 0.3 is 0 Å². The van der Waals surface area contributed by atoms with Crippen LogP contribution in [0.1, 0.15) is 37.7 Å². The van der Waals surface area contributed by atoms with Crippen LogP contribution < -0.4 is 20.1 Å². The molecule has 2 fully saturated rings. The molecule has 0 aromatic heterocycles. The number of hydrogen-bond acceptors (Lipinski definition) is 4. The molecule has 1 aliphatic heterocycles. The highest BCUT2D eigenvalue weighted by atomic mass is 16.5. The Kier molecular flexibility index (Phi) is 5.39. The molecule has 23 heavy (non-hydrogen) atoms. The molecule has 1 atom stereocenters. The lowest BCUT2D eigenvalue weighted by Crippen LogP contribution is -2.31. The van der Waals surface area contributed by atoms with E-state index in [-0.39, 0.29) is 11.8 Å². The topological polar surface area (TPSA) is 59.6 Å². The van der Waals surface area contributed by atoms with Crippen molar-refractivity contribution in [2.75, 3.05) is 20.2 Å². The molecule has 0 bridgehead atoms. The van der Waals surface area contributed by atoms with Crippen LogP contribution in [0.3, 0.4) is 0 Å². The third kappa shape index (κ3) is 4.16. The molecule has 1 heterocycles. The summed E-state index contributed by atoms with van der Waals surface area (Å²) in [5.41, 5.74) is 1.04. The molecule has 1 amide bonds. The van der Waals surface area contributed by atoms with Gasteiger partial charge in [-0.05, 0) is 56.3 Å². The zero-order chi connectivity index (χ0) is 16.1. The molecule has 1 aromatic rings. The Morgan fingerprint density at radius 3 is 2.78 bits per heavy atom. The van der Waals surface area contributed by atoms with Crippen molar-refractivity contribution in [3.63, 3.8) is 0 Å². The van der Waals surface area contributed by atoms with Crippen LogP contribution in [0, 0.1) is 5.92 Å². The minimum absolute atomic E-state index is 0.0995. The Hall–Kier alpha value is -1.75. The van der Waals surface area contributed by atoms with Crippen LogP contribution in [0.25, 0.3) is 0 Å². The Balaban J connectivity index is 1.61. The molecule has 2 N–H and O–H groups in total. The first-order chi connectivity index (χ1) is 11.3. The van der Waals surface area contributed by atoms with E-state index in [0.717, 1.165) is 49.4 Å². The minimum atomic E-state index is 0.0995. The molecule has 5 heteroatoms. The number of methoxy groups -OCH3 is 1. The fourth-order valence-electron chi connectivity index (χ4n) is 3.32. The fourth-order valence-corrected chi connectivity index (χ4v) is 3.32. The first-order valence-electron chi connectivity index (χ1n) is 8.58. The average Bonchev–Trinajstić information content (AvgIpc) is 3.26. The van der Waals surface area contributed by atoms with Crippen molar-refractivity contribution in [2.45, 2.75) is 44.8 Å². The van der Waals surface area contributed by atoms with E-state index in [9.17, 15) is 4.79 Å². The van der Waals surface area contributed by atoms with Crippen molar-refractivity contribution in [3.8, 4) is 11.5 Å². The number of rotatable bonds is 6. The Morgan fingerprint density at radius 1 is 1.26 bits per heavy atom. The summed E-state index contributed by atoms with van der Waals surface area (Å²) in [5, 5.41) is 6.24. The molecule has 1 saturated heterocycles. The van der Waals surface area contributed by atoms with Gasteiger partial charge in [-0.15, -0.1) is 0 Å². The summed E-state index contributed by atoms with van der Waals surface area (Å²) in [6.07, 6.45) is 5.90. The molecule has 1 unspecified atom stereocenters. The van der Waals surface area contributed by atoms with Crippen LogP contribution in [-0.2, 0) is 11.3 Å². The molecular formula is C18H26N2O3. The van der Waals surface area contributed by atoms with Crippen molar-refractivity contribution in [1.82, 2.24) is 10.6 Å². The monoisotopic (exact) mass is 318 g/mol. The molecule has 1 saturated carbocycles. The van der Waals surface area contributed by atoms with Gasteiger partial charge in [-0.25, -0.2) is 0 Å². The Morgan fingerprint density at radius 2 is 2.09 bits per heavy atom. The molecule has 2 aliphatic rings. The van der Waals surface area contributed by atoms with Gasteiger partial charge in [0, 0.05) is 13.1 Å². The number of carbonyl (C=O) groups is 1. The predicted molar refractivity (Wildman–Crippen MR) is 88.7 cm³/mol. The van der Waals surface area contributed by atoms with Gasteiger partial charge in [0.2, 0.25) is 5.91 Å². The van der Waals surface area contributed by atoms with E-state index in [4.69, 9.17) is 9.47 Å². The van der Waals surface area contributed by atoms with Gasteiger partial charge in [-0.3, -0.25) is 4.79 Å².